The Balaban J connectivity index is 1.54. The van der Waals surface area contributed by atoms with Gasteiger partial charge in [-0.1, -0.05) is 57.9 Å². The van der Waals surface area contributed by atoms with Crippen LogP contribution in [-0.2, 0) is 20.6 Å². The van der Waals surface area contributed by atoms with Gasteiger partial charge in [-0.3, -0.25) is 4.79 Å². The van der Waals surface area contributed by atoms with Gasteiger partial charge in [0.05, 0.1) is 11.8 Å². The van der Waals surface area contributed by atoms with Crippen molar-refractivity contribution in [1.29, 1.82) is 0 Å². The third-order valence-electron chi connectivity index (χ3n) is 5.39. The zero-order chi connectivity index (χ0) is 21.0. The number of hydrogen-bond donors (Lipinski definition) is 1. The van der Waals surface area contributed by atoms with Crippen molar-refractivity contribution in [3.63, 3.8) is 0 Å². The van der Waals surface area contributed by atoms with Crippen molar-refractivity contribution < 1.29 is 13.2 Å². The minimum absolute atomic E-state index is 0.00196. The van der Waals surface area contributed by atoms with Gasteiger partial charge in [0.15, 0.2) is 0 Å². The van der Waals surface area contributed by atoms with Crippen molar-refractivity contribution in [3.8, 4) is 0 Å². The quantitative estimate of drug-likeness (QED) is 0.676. The normalized spacial score (nSPS) is 17.1. The lowest BCUT2D eigenvalue weighted by Crippen LogP contribution is -2.43. The first-order chi connectivity index (χ1) is 13.7. The Morgan fingerprint density at radius 2 is 1.83 bits per heavy atom. The molecule has 7 heteroatoms. The summed E-state index contributed by atoms with van der Waals surface area (Å²) in [5.41, 5.74) is 3.01. The Kier molecular flexibility index (Phi) is 7.14. The molecular weight excluding hydrogens is 452 g/mol. The summed E-state index contributed by atoms with van der Waals surface area (Å²) in [4.78, 5) is 12.6. The second-order valence-corrected chi connectivity index (χ2v) is 10.6. The van der Waals surface area contributed by atoms with E-state index >= 15 is 0 Å². The molecule has 0 saturated carbocycles. The smallest absolute Gasteiger partial charge is 0.223 e. The number of halogens is 1. The van der Waals surface area contributed by atoms with E-state index in [1.54, 1.807) is 0 Å². The van der Waals surface area contributed by atoms with Crippen LogP contribution in [0.1, 0.15) is 42.5 Å². The molecule has 1 aliphatic rings. The van der Waals surface area contributed by atoms with E-state index in [2.05, 4.69) is 21.2 Å². The van der Waals surface area contributed by atoms with E-state index in [-0.39, 0.29) is 23.6 Å². The highest BCUT2D eigenvalue weighted by Gasteiger charge is 2.31. The van der Waals surface area contributed by atoms with Crippen LogP contribution in [0.4, 0.5) is 0 Å². The number of carbonyl (C=O) groups is 1. The van der Waals surface area contributed by atoms with Gasteiger partial charge in [0.1, 0.15) is 0 Å². The van der Waals surface area contributed by atoms with Gasteiger partial charge < -0.3 is 5.32 Å². The monoisotopic (exact) mass is 478 g/mol. The third kappa shape index (κ3) is 5.90. The highest BCUT2D eigenvalue weighted by molar-refractivity contribution is 9.10. The minimum atomic E-state index is -3.39. The lowest BCUT2D eigenvalue weighted by molar-refractivity contribution is -0.126. The SMILES string of the molecule is Cc1ccc([C@@H](C)NC(=O)C2CCN(S(=O)(=O)Cc3cccc(Br)c3)CC2)cc1. The molecule has 0 aliphatic carbocycles. The fourth-order valence-electron chi connectivity index (χ4n) is 3.59. The highest BCUT2D eigenvalue weighted by atomic mass is 79.9. The predicted molar refractivity (Wildman–Crippen MR) is 119 cm³/mol. The molecule has 3 rings (SSSR count). The van der Waals surface area contributed by atoms with Gasteiger partial charge in [-0.05, 0) is 49.9 Å². The molecule has 1 atom stereocenters. The largest absolute Gasteiger partial charge is 0.349 e. The van der Waals surface area contributed by atoms with Crippen LogP contribution in [0.5, 0.6) is 0 Å². The van der Waals surface area contributed by atoms with E-state index in [9.17, 15) is 13.2 Å². The standard InChI is InChI=1S/C22H27BrN2O3S/c1-16-6-8-19(9-7-16)17(2)24-22(26)20-10-12-25(13-11-20)29(27,28)15-18-4-3-5-21(23)14-18/h3-9,14,17,20H,10-13,15H2,1-2H3,(H,24,26)/t17-/m1/s1. The van der Waals surface area contributed by atoms with Crippen LogP contribution in [0.15, 0.2) is 53.0 Å². The van der Waals surface area contributed by atoms with Crippen LogP contribution in [-0.4, -0.2) is 31.7 Å². The Morgan fingerprint density at radius 1 is 1.17 bits per heavy atom. The lowest BCUT2D eigenvalue weighted by atomic mass is 9.96. The van der Waals surface area contributed by atoms with Crippen molar-refractivity contribution in [1.82, 2.24) is 9.62 Å². The first-order valence-electron chi connectivity index (χ1n) is 9.84. The topological polar surface area (TPSA) is 66.5 Å². The Bertz CT molecular complexity index is 952. The zero-order valence-electron chi connectivity index (χ0n) is 16.8. The molecule has 1 fully saturated rings. The number of sulfonamides is 1. The summed E-state index contributed by atoms with van der Waals surface area (Å²) in [7, 11) is -3.39. The number of amides is 1. The average Bonchev–Trinajstić information content (AvgIpc) is 2.68. The summed E-state index contributed by atoms with van der Waals surface area (Å²) >= 11 is 3.38. The lowest BCUT2D eigenvalue weighted by Gasteiger charge is -2.31. The van der Waals surface area contributed by atoms with Crippen LogP contribution < -0.4 is 5.32 Å². The van der Waals surface area contributed by atoms with E-state index in [1.165, 1.54) is 9.87 Å². The number of piperidine rings is 1. The summed E-state index contributed by atoms with van der Waals surface area (Å²) in [6.07, 6.45) is 1.09. The maximum absolute atomic E-state index is 12.7. The number of hydrogen-bond acceptors (Lipinski definition) is 3. The summed E-state index contributed by atoms with van der Waals surface area (Å²) in [5, 5.41) is 3.07. The first-order valence-corrected chi connectivity index (χ1v) is 12.2. The second kappa shape index (κ2) is 9.41. The molecule has 2 aromatic rings. The number of nitrogens with one attached hydrogen (secondary N) is 1. The third-order valence-corrected chi connectivity index (χ3v) is 7.74. The Hall–Kier alpha value is -1.70. The maximum atomic E-state index is 12.7. The van der Waals surface area contributed by atoms with Crippen molar-refractivity contribution in [2.24, 2.45) is 5.92 Å². The summed E-state index contributed by atoms with van der Waals surface area (Å²) in [6.45, 7) is 4.77. The molecule has 2 aromatic carbocycles. The second-order valence-electron chi connectivity index (χ2n) is 7.70. The van der Waals surface area contributed by atoms with Crippen LogP contribution in [0, 0.1) is 12.8 Å². The number of nitrogens with zero attached hydrogens (tertiary/aromatic N) is 1. The van der Waals surface area contributed by atoms with Gasteiger partial charge in [0.25, 0.3) is 0 Å². The predicted octanol–water partition coefficient (Wildman–Crippen LogP) is 4.18. The molecule has 0 spiro atoms. The van der Waals surface area contributed by atoms with E-state index < -0.39 is 10.0 Å². The number of rotatable bonds is 6. The van der Waals surface area contributed by atoms with Gasteiger partial charge in [-0.2, -0.15) is 0 Å². The molecule has 1 aliphatic heterocycles. The molecule has 1 saturated heterocycles. The van der Waals surface area contributed by atoms with Gasteiger partial charge in [0, 0.05) is 23.5 Å². The van der Waals surface area contributed by atoms with Crippen LogP contribution in [0.3, 0.4) is 0 Å². The molecule has 1 amide bonds. The highest BCUT2D eigenvalue weighted by Crippen LogP contribution is 2.24. The summed E-state index contributed by atoms with van der Waals surface area (Å²) in [6, 6.07) is 15.4. The van der Waals surface area contributed by atoms with Crippen molar-refractivity contribution in [2.75, 3.05) is 13.1 Å². The van der Waals surface area contributed by atoms with E-state index in [0.29, 0.717) is 25.9 Å². The van der Waals surface area contributed by atoms with Gasteiger partial charge in [-0.25, -0.2) is 12.7 Å². The van der Waals surface area contributed by atoms with Crippen LogP contribution >= 0.6 is 15.9 Å². The van der Waals surface area contributed by atoms with E-state index in [4.69, 9.17) is 0 Å². The van der Waals surface area contributed by atoms with Crippen molar-refractivity contribution >= 4 is 31.9 Å². The van der Waals surface area contributed by atoms with E-state index in [0.717, 1.165) is 15.6 Å². The molecule has 156 valence electrons. The molecule has 1 heterocycles. The molecule has 5 nitrogen and oxygen atoms in total. The summed E-state index contributed by atoms with van der Waals surface area (Å²) in [5.74, 6) is -0.171. The minimum Gasteiger partial charge on any atom is -0.349 e. The summed E-state index contributed by atoms with van der Waals surface area (Å²) < 4.78 is 27.9. The maximum Gasteiger partial charge on any atom is 0.223 e. The fraction of sp³-hybridized carbons (Fsp3) is 0.409. The average molecular weight is 479 g/mol. The first kappa shape index (κ1) is 22.0. The number of aryl methyl sites for hydroxylation is 1. The zero-order valence-corrected chi connectivity index (χ0v) is 19.2. The van der Waals surface area contributed by atoms with Gasteiger partial charge >= 0.3 is 0 Å². The molecule has 0 radical (unpaired) electrons. The van der Waals surface area contributed by atoms with Gasteiger partial charge in [0.2, 0.25) is 15.9 Å². The molecule has 29 heavy (non-hydrogen) atoms. The molecule has 0 unspecified atom stereocenters. The fourth-order valence-corrected chi connectivity index (χ4v) is 5.59. The van der Waals surface area contributed by atoms with E-state index in [1.807, 2.05) is 62.4 Å². The Labute approximate surface area is 181 Å². The molecule has 0 aromatic heterocycles. The molecular formula is C22H27BrN2O3S. The Morgan fingerprint density at radius 3 is 2.45 bits per heavy atom. The molecule has 0 bridgehead atoms. The van der Waals surface area contributed by atoms with Crippen LogP contribution in [0.25, 0.3) is 0 Å². The molecule has 1 N–H and O–H groups in total. The van der Waals surface area contributed by atoms with Crippen molar-refractivity contribution in [3.05, 3.63) is 69.7 Å². The number of benzene rings is 2. The van der Waals surface area contributed by atoms with Crippen LogP contribution in [0.2, 0.25) is 0 Å². The van der Waals surface area contributed by atoms with Gasteiger partial charge in [-0.15, -0.1) is 0 Å². The number of carbonyl (C=O) groups excluding carboxylic acids is 1. The van der Waals surface area contributed by atoms with Crippen molar-refractivity contribution in [2.45, 2.75) is 38.5 Å².